The Hall–Kier alpha value is -1.62. The lowest BCUT2D eigenvalue weighted by atomic mass is 10.5. The third-order valence-corrected chi connectivity index (χ3v) is 1.90. The molecule has 0 atom stereocenters. The molecule has 0 bridgehead atoms. The topological polar surface area (TPSA) is 55.6 Å². The Morgan fingerprint density at radius 2 is 2.36 bits per heavy atom. The van der Waals surface area contributed by atoms with Crippen molar-refractivity contribution in [1.82, 2.24) is 19.7 Å². The van der Waals surface area contributed by atoms with Crippen LogP contribution in [-0.2, 0) is 7.05 Å². The zero-order valence-electron chi connectivity index (χ0n) is 7.48. The van der Waals surface area contributed by atoms with Crippen LogP contribution in [0.25, 0.3) is 0 Å². The first-order valence-electron chi connectivity index (χ1n) is 3.98. The highest BCUT2D eigenvalue weighted by molar-refractivity contribution is 6.32. The first-order chi connectivity index (χ1) is 6.75. The lowest BCUT2D eigenvalue weighted by Gasteiger charge is -2.02. The SMILES string of the molecule is Cn1ccc(Nc2ncncc2Cl)n1. The summed E-state index contributed by atoms with van der Waals surface area (Å²) in [4.78, 5) is 7.76. The second kappa shape index (κ2) is 3.63. The molecular formula is C8H8ClN5. The van der Waals surface area contributed by atoms with Gasteiger partial charge in [-0.15, -0.1) is 0 Å². The van der Waals surface area contributed by atoms with E-state index in [2.05, 4.69) is 20.4 Å². The molecule has 14 heavy (non-hydrogen) atoms. The van der Waals surface area contributed by atoms with Crippen LogP contribution in [-0.4, -0.2) is 19.7 Å². The van der Waals surface area contributed by atoms with Crippen LogP contribution >= 0.6 is 11.6 Å². The van der Waals surface area contributed by atoms with Crippen LogP contribution in [0.15, 0.2) is 24.8 Å². The highest BCUT2D eigenvalue weighted by Gasteiger charge is 2.02. The van der Waals surface area contributed by atoms with Crippen molar-refractivity contribution in [1.29, 1.82) is 0 Å². The Kier molecular flexibility index (Phi) is 2.32. The lowest BCUT2D eigenvalue weighted by molar-refractivity contribution is 0.771. The number of nitrogens with zero attached hydrogens (tertiary/aromatic N) is 4. The monoisotopic (exact) mass is 209 g/mol. The molecule has 0 amide bonds. The van der Waals surface area contributed by atoms with Gasteiger partial charge in [-0.2, -0.15) is 5.10 Å². The highest BCUT2D eigenvalue weighted by Crippen LogP contribution is 2.19. The van der Waals surface area contributed by atoms with Crippen molar-refractivity contribution in [2.24, 2.45) is 7.05 Å². The van der Waals surface area contributed by atoms with Gasteiger partial charge >= 0.3 is 0 Å². The predicted octanol–water partition coefficient (Wildman–Crippen LogP) is 1.61. The van der Waals surface area contributed by atoms with E-state index in [1.807, 2.05) is 19.3 Å². The van der Waals surface area contributed by atoms with Gasteiger partial charge in [-0.25, -0.2) is 9.97 Å². The smallest absolute Gasteiger partial charge is 0.153 e. The Balaban J connectivity index is 2.23. The van der Waals surface area contributed by atoms with E-state index in [0.29, 0.717) is 16.7 Å². The summed E-state index contributed by atoms with van der Waals surface area (Å²) in [6, 6.07) is 1.83. The van der Waals surface area contributed by atoms with E-state index in [1.54, 1.807) is 4.68 Å². The van der Waals surface area contributed by atoms with Gasteiger partial charge in [0.1, 0.15) is 11.3 Å². The number of hydrogen-bond donors (Lipinski definition) is 1. The summed E-state index contributed by atoms with van der Waals surface area (Å²) in [5, 5.41) is 7.58. The minimum Gasteiger partial charge on any atom is -0.322 e. The van der Waals surface area contributed by atoms with E-state index in [1.165, 1.54) is 12.5 Å². The predicted molar refractivity (Wildman–Crippen MR) is 53.5 cm³/mol. The summed E-state index contributed by atoms with van der Waals surface area (Å²) < 4.78 is 1.69. The fourth-order valence-electron chi connectivity index (χ4n) is 1.01. The summed E-state index contributed by atoms with van der Waals surface area (Å²) in [5.74, 6) is 1.26. The molecule has 0 radical (unpaired) electrons. The molecule has 5 nitrogen and oxygen atoms in total. The molecule has 0 spiro atoms. The molecule has 2 aromatic rings. The molecule has 0 aliphatic rings. The van der Waals surface area contributed by atoms with Crippen molar-refractivity contribution in [2.75, 3.05) is 5.32 Å². The van der Waals surface area contributed by atoms with Crippen LogP contribution in [0.5, 0.6) is 0 Å². The van der Waals surface area contributed by atoms with E-state index in [0.717, 1.165) is 0 Å². The second-order valence-electron chi connectivity index (χ2n) is 2.72. The minimum absolute atomic E-state index is 0.471. The van der Waals surface area contributed by atoms with Gasteiger partial charge in [0.2, 0.25) is 0 Å². The molecule has 6 heteroatoms. The lowest BCUT2D eigenvalue weighted by Crippen LogP contribution is -1.96. The summed E-state index contributed by atoms with van der Waals surface area (Å²) in [6.07, 6.45) is 4.79. The molecule has 72 valence electrons. The first-order valence-corrected chi connectivity index (χ1v) is 4.35. The average Bonchev–Trinajstić information content (AvgIpc) is 2.56. The number of halogens is 1. The van der Waals surface area contributed by atoms with Crippen molar-refractivity contribution in [2.45, 2.75) is 0 Å². The maximum Gasteiger partial charge on any atom is 0.153 e. The van der Waals surface area contributed by atoms with Crippen molar-refractivity contribution in [3.05, 3.63) is 29.8 Å². The van der Waals surface area contributed by atoms with Crippen molar-refractivity contribution in [3.8, 4) is 0 Å². The van der Waals surface area contributed by atoms with Crippen LogP contribution in [0, 0.1) is 0 Å². The van der Waals surface area contributed by atoms with Crippen LogP contribution in [0.3, 0.4) is 0 Å². The Labute approximate surface area is 85.8 Å². The molecule has 0 aromatic carbocycles. The first kappa shape index (κ1) is 8.96. The zero-order valence-corrected chi connectivity index (χ0v) is 8.23. The average molecular weight is 210 g/mol. The highest BCUT2D eigenvalue weighted by atomic mass is 35.5. The van der Waals surface area contributed by atoms with Gasteiger partial charge in [-0.05, 0) is 0 Å². The summed E-state index contributed by atoms with van der Waals surface area (Å²) >= 11 is 5.86. The summed E-state index contributed by atoms with van der Waals surface area (Å²) in [6.45, 7) is 0. The number of anilines is 2. The number of aryl methyl sites for hydroxylation is 1. The van der Waals surface area contributed by atoms with Crippen LogP contribution in [0.1, 0.15) is 0 Å². The molecule has 2 aromatic heterocycles. The fourth-order valence-corrected chi connectivity index (χ4v) is 1.16. The van der Waals surface area contributed by atoms with Crippen LogP contribution in [0.4, 0.5) is 11.6 Å². The third kappa shape index (κ3) is 1.82. The number of nitrogens with one attached hydrogen (secondary N) is 1. The fraction of sp³-hybridized carbons (Fsp3) is 0.125. The number of aromatic nitrogens is 4. The van der Waals surface area contributed by atoms with Gasteiger partial charge in [0.15, 0.2) is 11.6 Å². The van der Waals surface area contributed by atoms with Crippen LogP contribution < -0.4 is 5.32 Å². The van der Waals surface area contributed by atoms with Gasteiger partial charge < -0.3 is 5.32 Å². The van der Waals surface area contributed by atoms with E-state index in [-0.39, 0.29) is 0 Å². The summed E-state index contributed by atoms with van der Waals surface area (Å²) in [5.41, 5.74) is 0. The quantitative estimate of drug-likeness (QED) is 0.817. The summed E-state index contributed by atoms with van der Waals surface area (Å²) in [7, 11) is 1.84. The Morgan fingerprint density at radius 1 is 1.50 bits per heavy atom. The molecule has 0 aliphatic carbocycles. The zero-order chi connectivity index (χ0) is 9.97. The normalized spacial score (nSPS) is 10.1. The molecule has 1 N–H and O–H groups in total. The van der Waals surface area contributed by atoms with E-state index in [9.17, 15) is 0 Å². The van der Waals surface area contributed by atoms with Gasteiger partial charge in [-0.3, -0.25) is 4.68 Å². The Bertz CT molecular complexity index is 439. The van der Waals surface area contributed by atoms with E-state index >= 15 is 0 Å². The van der Waals surface area contributed by atoms with Crippen molar-refractivity contribution >= 4 is 23.2 Å². The van der Waals surface area contributed by atoms with Gasteiger partial charge in [0, 0.05) is 19.3 Å². The maximum absolute atomic E-state index is 5.86. The molecule has 0 unspecified atom stereocenters. The van der Waals surface area contributed by atoms with E-state index < -0.39 is 0 Å². The minimum atomic E-state index is 0.471. The molecule has 2 rings (SSSR count). The number of hydrogen-bond acceptors (Lipinski definition) is 4. The van der Waals surface area contributed by atoms with E-state index in [4.69, 9.17) is 11.6 Å². The van der Waals surface area contributed by atoms with Crippen molar-refractivity contribution in [3.63, 3.8) is 0 Å². The van der Waals surface area contributed by atoms with Gasteiger partial charge in [0.25, 0.3) is 0 Å². The molecule has 2 heterocycles. The third-order valence-electron chi connectivity index (χ3n) is 1.63. The Morgan fingerprint density at radius 3 is 3.00 bits per heavy atom. The van der Waals surface area contributed by atoms with Crippen LogP contribution in [0.2, 0.25) is 5.02 Å². The second-order valence-corrected chi connectivity index (χ2v) is 3.13. The molecule has 0 fully saturated rings. The molecule has 0 aliphatic heterocycles. The van der Waals surface area contributed by atoms with Gasteiger partial charge in [-0.1, -0.05) is 11.6 Å². The van der Waals surface area contributed by atoms with Crippen molar-refractivity contribution < 1.29 is 0 Å². The molecule has 0 saturated heterocycles. The standard InChI is InChI=1S/C8H8ClN5/c1-14-3-2-7(13-14)12-8-6(9)4-10-5-11-8/h2-5H,1H3,(H,10,11,12,13). The largest absolute Gasteiger partial charge is 0.322 e. The van der Waals surface area contributed by atoms with Gasteiger partial charge in [0.05, 0.1) is 6.20 Å². The maximum atomic E-state index is 5.86. The molecular weight excluding hydrogens is 202 g/mol. The molecule has 0 saturated carbocycles. The number of rotatable bonds is 2.